The highest BCUT2D eigenvalue weighted by molar-refractivity contribution is 6.31. The first-order valence-corrected chi connectivity index (χ1v) is 6.97. The monoisotopic (exact) mass is 278 g/mol. The van der Waals surface area contributed by atoms with E-state index in [2.05, 4.69) is 10.2 Å². The van der Waals surface area contributed by atoms with Crippen molar-refractivity contribution in [2.75, 3.05) is 13.2 Å². The van der Waals surface area contributed by atoms with Crippen LogP contribution in [0.3, 0.4) is 0 Å². The molecule has 1 saturated carbocycles. The third-order valence-electron chi connectivity index (χ3n) is 4.56. The number of aromatic nitrogens is 2. The lowest BCUT2D eigenvalue weighted by molar-refractivity contribution is 0.0233. The molecule has 2 heterocycles. The molecule has 1 saturated heterocycles. The number of nitrogens with one attached hydrogen (secondary N) is 1. The Hall–Kier alpha value is -1.10. The van der Waals surface area contributed by atoms with Crippen molar-refractivity contribution in [2.24, 2.45) is 11.8 Å². The van der Waals surface area contributed by atoms with Crippen molar-refractivity contribution in [3.8, 4) is 0 Å². The van der Waals surface area contributed by atoms with Crippen LogP contribution in [0.25, 0.3) is 10.9 Å². The van der Waals surface area contributed by atoms with Crippen molar-refractivity contribution in [1.29, 1.82) is 0 Å². The number of rotatable bonds is 1. The second-order valence-electron chi connectivity index (χ2n) is 5.78. The van der Waals surface area contributed by atoms with E-state index in [1.165, 1.54) is 0 Å². The predicted octanol–water partition coefficient (Wildman–Crippen LogP) is 2.46. The summed E-state index contributed by atoms with van der Waals surface area (Å²) >= 11 is 6.16. The molecular formula is C14H15ClN2O2. The average molecular weight is 279 g/mol. The summed E-state index contributed by atoms with van der Waals surface area (Å²) in [7, 11) is 0. The number of ether oxygens (including phenoxy) is 1. The van der Waals surface area contributed by atoms with Crippen molar-refractivity contribution < 1.29 is 9.84 Å². The fourth-order valence-electron chi connectivity index (χ4n) is 3.67. The number of hydrogen-bond acceptors (Lipinski definition) is 3. The molecule has 2 aromatic rings. The highest BCUT2D eigenvalue weighted by Crippen LogP contribution is 2.50. The largest absolute Gasteiger partial charge is 0.385 e. The van der Waals surface area contributed by atoms with E-state index < -0.39 is 5.60 Å². The molecule has 4 rings (SSSR count). The smallest absolute Gasteiger partial charge is 0.0911 e. The number of nitrogens with zero attached hydrogens (tertiary/aromatic N) is 1. The quantitative estimate of drug-likeness (QED) is 0.842. The topological polar surface area (TPSA) is 58.1 Å². The molecule has 5 heteroatoms. The van der Waals surface area contributed by atoms with Crippen LogP contribution in [0.5, 0.6) is 0 Å². The van der Waals surface area contributed by atoms with Gasteiger partial charge in [-0.15, -0.1) is 0 Å². The first-order chi connectivity index (χ1) is 9.16. The minimum atomic E-state index is -0.799. The summed E-state index contributed by atoms with van der Waals surface area (Å²) in [6.45, 7) is 1.53. The Morgan fingerprint density at radius 3 is 2.79 bits per heavy atom. The Bertz CT molecular complexity index is 627. The van der Waals surface area contributed by atoms with Crippen molar-refractivity contribution in [1.82, 2.24) is 10.2 Å². The van der Waals surface area contributed by atoms with E-state index in [1.807, 2.05) is 12.1 Å². The van der Waals surface area contributed by atoms with E-state index in [4.69, 9.17) is 16.3 Å². The lowest BCUT2D eigenvalue weighted by Crippen LogP contribution is -2.23. The third-order valence-corrected chi connectivity index (χ3v) is 4.77. The lowest BCUT2D eigenvalue weighted by atomic mass is 9.88. The molecule has 0 radical (unpaired) electrons. The van der Waals surface area contributed by atoms with Crippen molar-refractivity contribution in [2.45, 2.75) is 18.4 Å². The van der Waals surface area contributed by atoms with Crippen molar-refractivity contribution in [3.63, 3.8) is 0 Å². The maximum atomic E-state index is 11.1. The van der Waals surface area contributed by atoms with E-state index in [-0.39, 0.29) is 0 Å². The molecule has 1 aliphatic carbocycles. The highest BCUT2D eigenvalue weighted by Gasteiger charge is 2.48. The number of hydrogen-bond donors (Lipinski definition) is 2. The Balaban J connectivity index is 1.83. The first-order valence-electron chi connectivity index (χ1n) is 6.59. The van der Waals surface area contributed by atoms with Crippen LogP contribution < -0.4 is 0 Å². The summed E-state index contributed by atoms with van der Waals surface area (Å²) < 4.78 is 5.48. The number of aromatic amines is 1. The Morgan fingerprint density at radius 2 is 2.05 bits per heavy atom. The molecule has 2 fully saturated rings. The van der Waals surface area contributed by atoms with Gasteiger partial charge in [-0.1, -0.05) is 11.6 Å². The fraction of sp³-hybridized carbons (Fsp3) is 0.500. The van der Waals surface area contributed by atoms with E-state index in [0.717, 1.165) is 42.5 Å². The first kappa shape index (κ1) is 11.7. The van der Waals surface area contributed by atoms with Gasteiger partial charge >= 0.3 is 0 Å². The number of aliphatic hydroxyl groups is 1. The molecule has 1 aromatic carbocycles. The third kappa shape index (κ3) is 1.71. The summed E-state index contributed by atoms with van der Waals surface area (Å²) in [5, 5.41) is 19.6. The van der Waals surface area contributed by atoms with Crippen LogP contribution in [-0.2, 0) is 10.3 Å². The molecule has 3 atom stereocenters. The normalized spacial score (nSPS) is 34.0. The zero-order valence-electron chi connectivity index (χ0n) is 10.4. The molecule has 4 nitrogen and oxygen atoms in total. The van der Waals surface area contributed by atoms with Gasteiger partial charge in [0.15, 0.2) is 0 Å². The molecule has 0 amide bonds. The maximum absolute atomic E-state index is 11.1. The van der Waals surface area contributed by atoms with Crippen LogP contribution in [0.1, 0.15) is 18.4 Å². The van der Waals surface area contributed by atoms with Crippen LogP contribution in [-0.4, -0.2) is 28.5 Å². The van der Waals surface area contributed by atoms with E-state index in [1.54, 1.807) is 6.20 Å². The Kier molecular flexibility index (Phi) is 2.43. The number of fused-ring (bicyclic) bond motifs is 2. The van der Waals surface area contributed by atoms with Gasteiger partial charge in [0.25, 0.3) is 0 Å². The molecule has 0 bridgehead atoms. The van der Waals surface area contributed by atoms with Gasteiger partial charge in [0.1, 0.15) is 0 Å². The van der Waals surface area contributed by atoms with Crippen molar-refractivity contribution >= 4 is 22.5 Å². The SMILES string of the molecule is O[C@@]1(c2cc(Cl)cc3[nH]ncc23)C[C@H]2COC[C@H]2C1. The molecule has 0 unspecified atom stereocenters. The standard InChI is InChI=1S/C14H15ClN2O2/c15-10-1-12(11-5-16-17-13(11)2-10)14(18)3-8-6-19-7-9(8)4-14/h1-2,5,8-9,18H,3-4,6-7H2,(H,16,17)/t8-,9+,14-. The Labute approximate surface area is 115 Å². The van der Waals surface area contributed by atoms with Gasteiger partial charge in [-0.3, -0.25) is 5.10 Å². The van der Waals surface area contributed by atoms with Gasteiger partial charge in [-0.05, 0) is 42.4 Å². The molecule has 1 aromatic heterocycles. The lowest BCUT2D eigenvalue weighted by Gasteiger charge is -2.25. The summed E-state index contributed by atoms with van der Waals surface area (Å²) in [4.78, 5) is 0. The second kappa shape index (κ2) is 3.95. The minimum Gasteiger partial charge on any atom is -0.385 e. The van der Waals surface area contributed by atoms with Gasteiger partial charge < -0.3 is 9.84 Å². The average Bonchev–Trinajstić information content (AvgIpc) is 3.01. The molecule has 0 spiro atoms. The molecule has 100 valence electrons. The zero-order chi connectivity index (χ0) is 13.0. The van der Waals surface area contributed by atoms with Crippen LogP contribution in [0.2, 0.25) is 5.02 Å². The Morgan fingerprint density at radius 1 is 1.32 bits per heavy atom. The maximum Gasteiger partial charge on any atom is 0.0911 e. The summed E-state index contributed by atoms with van der Waals surface area (Å²) in [5.74, 6) is 0.928. The van der Waals surface area contributed by atoms with Crippen LogP contribution in [0.15, 0.2) is 18.3 Å². The fourth-order valence-corrected chi connectivity index (χ4v) is 3.88. The molecule has 2 aliphatic rings. The molecule has 2 N–H and O–H groups in total. The number of benzene rings is 1. The van der Waals surface area contributed by atoms with Crippen LogP contribution >= 0.6 is 11.6 Å². The van der Waals surface area contributed by atoms with E-state index >= 15 is 0 Å². The molecule has 19 heavy (non-hydrogen) atoms. The van der Waals surface area contributed by atoms with Gasteiger partial charge in [0.05, 0.1) is 17.3 Å². The van der Waals surface area contributed by atoms with Gasteiger partial charge in [-0.25, -0.2) is 0 Å². The van der Waals surface area contributed by atoms with Crippen LogP contribution in [0.4, 0.5) is 0 Å². The van der Waals surface area contributed by atoms with E-state index in [0.29, 0.717) is 16.9 Å². The van der Waals surface area contributed by atoms with Gasteiger partial charge in [0.2, 0.25) is 0 Å². The number of halogens is 1. The van der Waals surface area contributed by atoms with Crippen molar-refractivity contribution in [3.05, 3.63) is 28.9 Å². The second-order valence-corrected chi connectivity index (χ2v) is 6.22. The molecular weight excluding hydrogens is 264 g/mol. The van der Waals surface area contributed by atoms with E-state index in [9.17, 15) is 5.11 Å². The van der Waals surface area contributed by atoms with Crippen LogP contribution in [0, 0.1) is 11.8 Å². The highest BCUT2D eigenvalue weighted by atomic mass is 35.5. The summed E-state index contributed by atoms with van der Waals surface area (Å²) in [6.07, 6.45) is 3.26. The van der Waals surface area contributed by atoms with Gasteiger partial charge in [0, 0.05) is 23.6 Å². The molecule has 1 aliphatic heterocycles. The minimum absolute atomic E-state index is 0.464. The van der Waals surface area contributed by atoms with Gasteiger partial charge in [-0.2, -0.15) is 5.10 Å². The summed E-state index contributed by atoms with van der Waals surface area (Å²) in [6, 6.07) is 3.72. The number of H-pyrrole nitrogens is 1. The zero-order valence-corrected chi connectivity index (χ0v) is 11.2. The summed E-state index contributed by atoms with van der Waals surface area (Å²) in [5.41, 5.74) is 0.981. The predicted molar refractivity (Wildman–Crippen MR) is 72.0 cm³/mol.